The van der Waals surface area contributed by atoms with Crippen molar-refractivity contribution >= 4 is 11.9 Å². The van der Waals surface area contributed by atoms with Gasteiger partial charge in [0.05, 0.1) is 17.3 Å². The summed E-state index contributed by atoms with van der Waals surface area (Å²) in [7, 11) is 1.44. The minimum Gasteiger partial charge on any atom is -0.457 e. The van der Waals surface area contributed by atoms with E-state index in [0.29, 0.717) is 17.6 Å². The van der Waals surface area contributed by atoms with Crippen LogP contribution in [0.1, 0.15) is 47.0 Å². The fraction of sp³-hybridized carbons (Fsp3) is 0.619. The molecular formula is C21H28O8. The fourth-order valence-corrected chi connectivity index (χ4v) is 3.93. The molecule has 3 rings (SSSR count). The van der Waals surface area contributed by atoms with Crippen LogP contribution in [-0.4, -0.2) is 59.0 Å². The molecule has 160 valence electrons. The number of hydrogen-bond acceptors (Lipinski definition) is 8. The zero-order chi connectivity index (χ0) is 21.6. The number of aliphatic hydroxyl groups is 2. The normalized spacial score (nSPS) is 39.1. The van der Waals surface area contributed by atoms with Crippen molar-refractivity contribution < 1.29 is 38.7 Å². The van der Waals surface area contributed by atoms with E-state index >= 15 is 0 Å². The molecule has 0 saturated carbocycles. The number of hydrogen-bond donors (Lipinski definition) is 2. The molecule has 4 atom stereocenters. The Bertz CT molecular complexity index is 821. The highest BCUT2D eigenvalue weighted by molar-refractivity contribution is 5.96. The molecule has 3 aliphatic heterocycles. The van der Waals surface area contributed by atoms with Gasteiger partial charge in [0.25, 0.3) is 0 Å². The van der Waals surface area contributed by atoms with Crippen molar-refractivity contribution in [3.63, 3.8) is 0 Å². The van der Waals surface area contributed by atoms with Crippen LogP contribution in [0.15, 0.2) is 34.6 Å². The van der Waals surface area contributed by atoms with Gasteiger partial charge in [-0.15, -0.1) is 0 Å². The Morgan fingerprint density at radius 1 is 1.34 bits per heavy atom. The van der Waals surface area contributed by atoms with Gasteiger partial charge in [0, 0.05) is 31.1 Å². The van der Waals surface area contributed by atoms with Crippen molar-refractivity contribution in [2.24, 2.45) is 0 Å². The molecule has 1 saturated heterocycles. The lowest BCUT2D eigenvalue weighted by molar-refractivity contribution is -0.298. The molecule has 2 bridgehead atoms. The molecule has 0 aromatic rings. The second-order valence-electron chi connectivity index (χ2n) is 8.24. The Kier molecular flexibility index (Phi) is 5.51. The molecule has 0 spiro atoms. The average Bonchev–Trinajstić information content (AvgIpc) is 3.13. The molecule has 2 N–H and O–H groups in total. The number of carbonyl (C=O) groups excluding carboxylic acids is 2. The van der Waals surface area contributed by atoms with Crippen LogP contribution in [0.25, 0.3) is 0 Å². The third-order valence-corrected chi connectivity index (χ3v) is 5.97. The summed E-state index contributed by atoms with van der Waals surface area (Å²) in [4.78, 5) is 24.6. The maximum Gasteiger partial charge on any atom is 0.343 e. The molecule has 0 aliphatic carbocycles. The summed E-state index contributed by atoms with van der Waals surface area (Å²) in [6, 6.07) is 0. The van der Waals surface area contributed by atoms with Crippen molar-refractivity contribution in [1.82, 2.24) is 0 Å². The molecular weight excluding hydrogens is 380 g/mol. The lowest BCUT2D eigenvalue weighted by Crippen LogP contribution is -2.54. The Balaban J connectivity index is 2.06. The maximum absolute atomic E-state index is 12.6. The summed E-state index contributed by atoms with van der Waals surface area (Å²) in [5.74, 6) is -2.72. The van der Waals surface area contributed by atoms with E-state index in [0.717, 1.165) is 0 Å². The van der Waals surface area contributed by atoms with Crippen LogP contribution in [-0.2, 0) is 28.5 Å². The van der Waals surface area contributed by atoms with E-state index in [-0.39, 0.29) is 30.8 Å². The number of methoxy groups -OCH3 is 1. The van der Waals surface area contributed by atoms with E-state index < -0.39 is 35.0 Å². The van der Waals surface area contributed by atoms with E-state index in [1.807, 2.05) is 0 Å². The number of carbonyl (C=O) groups is 2. The first-order chi connectivity index (χ1) is 13.5. The van der Waals surface area contributed by atoms with E-state index in [1.165, 1.54) is 14.0 Å². The summed E-state index contributed by atoms with van der Waals surface area (Å²) in [5, 5.41) is 22.0. The van der Waals surface area contributed by atoms with Crippen molar-refractivity contribution in [2.75, 3.05) is 13.7 Å². The predicted octanol–water partition coefficient (Wildman–Crippen LogP) is 1.66. The van der Waals surface area contributed by atoms with Crippen LogP contribution >= 0.6 is 0 Å². The van der Waals surface area contributed by atoms with E-state index in [4.69, 9.17) is 18.9 Å². The van der Waals surface area contributed by atoms with Gasteiger partial charge >= 0.3 is 11.9 Å². The number of ether oxygens (including phenoxy) is 4. The first-order valence-electron chi connectivity index (χ1n) is 9.61. The monoisotopic (exact) mass is 408 g/mol. The minimum atomic E-state index is -1.77. The molecule has 0 radical (unpaired) electrons. The van der Waals surface area contributed by atoms with Crippen molar-refractivity contribution in [3.05, 3.63) is 34.6 Å². The van der Waals surface area contributed by atoms with Gasteiger partial charge < -0.3 is 29.2 Å². The Morgan fingerprint density at radius 2 is 2.03 bits per heavy atom. The summed E-state index contributed by atoms with van der Waals surface area (Å²) >= 11 is 0. The molecule has 8 heteroatoms. The Labute approximate surface area is 169 Å². The van der Waals surface area contributed by atoms with E-state index in [1.54, 1.807) is 32.9 Å². The van der Waals surface area contributed by atoms with Crippen molar-refractivity contribution in [2.45, 2.75) is 70.1 Å². The largest absolute Gasteiger partial charge is 0.457 e. The first kappa shape index (κ1) is 21.7. The highest BCUT2D eigenvalue weighted by Crippen LogP contribution is 2.49. The number of fused-ring (bicyclic) bond motifs is 3. The first-order valence-corrected chi connectivity index (χ1v) is 9.61. The van der Waals surface area contributed by atoms with Crippen LogP contribution < -0.4 is 0 Å². The quantitative estimate of drug-likeness (QED) is 0.534. The predicted molar refractivity (Wildman–Crippen MR) is 101 cm³/mol. The van der Waals surface area contributed by atoms with Gasteiger partial charge in [-0.3, -0.25) is 0 Å². The van der Waals surface area contributed by atoms with Crippen LogP contribution in [0.3, 0.4) is 0 Å². The summed E-state index contributed by atoms with van der Waals surface area (Å²) in [5.41, 5.74) is -1.65. The molecule has 29 heavy (non-hydrogen) atoms. The number of rotatable bonds is 4. The lowest BCUT2D eigenvalue weighted by Gasteiger charge is -2.40. The molecule has 3 heterocycles. The number of allylic oxidation sites excluding steroid dienone is 1. The van der Waals surface area contributed by atoms with Gasteiger partial charge in [-0.05, 0) is 40.2 Å². The van der Waals surface area contributed by atoms with E-state index in [9.17, 15) is 19.8 Å². The second kappa shape index (κ2) is 7.36. The van der Waals surface area contributed by atoms with Gasteiger partial charge in [-0.2, -0.15) is 0 Å². The lowest BCUT2D eigenvalue weighted by atomic mass is 9.82. The molecule has 8 nitrogen and oxygen atoms in total. The molecule has 0 aromatic heterocycles. The molecule has 1 fully saturated rings. The molecule has 0 aromatic carbocycles. The zero-order valence-electron chi connectivity index (χ0n) is 17.4. The third-order valence-electron chi connectivity index (χ3n) is 5.97. The standard InChI is InChI=1S/C21H28O8/c1-6-12(2)17(22)27-11-13-16-14(26-5)10-20(4,24)21(25)8-7-19(3,29-21)9-15(16)28-18(13)23/h6,9,14,24-25H,7-8,10-11H2,1-5H3/b12-6-,15-9+/t14-,19+,20-,21+/m1/s1. The van der Waals surface area contributed by atoms with Crippen molar-refractivity contribution in [3.8, 4) is 0 Å². The van der Waals surface area contributed by atoms with Gasteiger partial charge in [0.2, 0.25) is 0 Å². The maximum atomic E-state index is 12.6. The smallest absolute Gasteiger partial charge is 0.343 e. The fourth-order valence-electron chi connectivity index (χ4n) is 3.93. The minimum absolute atomic E-state index is 0.0509. The van der Waals surface area contributed by atoms with Crippen LogP contribution in [0.2, 0.25) is 0 Å². The summed E-state index contributed by atoms with van der Waals surface area (Å²) in [6.45, 7) is 6.26. The number of esters is 2. The third kappa shape index (κ3) is 3.77. The van der Waals surface area contributed by atoms with Crippen LogP contribution in [0.4, 0.5) is 0 Å². The van der Waals surface area contributed by atoms with Gasteiger partial charge in [-0.25, -0.2) is 9.59 Å². The Hall–Kier alpha value is -2.00. The van der Waals surface area contributed by atoms with Gasteiger partial charge in [0.1, 0.15) is 18.0 Å². The summed E-state index contributed by atoms with van der Waals surface area (Å²) in [6.07, 6.45) is 3.05. The van der Waals surface area contributed by atoms with Crippen molar-refractivity contribution in [1.29, 1.82) is 0 Å². The SMILES string of the molecule is C/C=C(/C)C(=O)OCC1=C2/C(=C\[C@]3(C)CC[C@](O)(O3)[C@](C)(O)C[C@H]2OC)OC1=O. The highest BCUT2D eigenvalue weighted by atomic mass is 16.7. The molecule has 0 amide bonds. The molecule has 3 aliphatic rings. The molecule has 0 unspecified atom stereocenters. The average molecular weight is 408 g/mol. The zero-order valence-corrected chi connectivity index (χ0v) is 17.4. The van der Waals surface area contributed by atoms with E-state index in [2.05, 4.69) is 0 Å². The van der Waals surface area contributed by atoms with Gasteiger partial charge in [-0.1, -0.05) is 6.08 Å². The second-order valence-corrected chi connectivity index (χ2v) is 8.24. The highest BCUT2D eigenvalue weighted by Gasteiger charge is 2.58. The van der Waals surface area contributed by atoms with Crippen LogP contribution in [0.5, 0.6) is 0 Å². The Morgan fingerprint density at radius 3 is 2.66 bits per heavy atom. The van der Waals surface area contributed by atoms with Gasteiger partial charge in [0.15, 0.2) is 5.79 Å². The topological polar surface area (TPSA) is 112 Å². The van der Waals surface area contributed by atoms with Crippen LogP contribution in [0, 0.1) is 0 Å². The summed E-state index contributed by atoms with van der Waals surface area (Å²) < 4.78 is 22.1.